The molecule has 0 atom stereocenters. The molecule has 0 aromatic carbocycles. The molecule has 0 aromatic heterocycles. The van der Waals surface area contributed by atoms with E-state index in [0.29, 0.717) is 5.91 Å². The van der Waals surface area contributed by atoms with Crippen LogP contribution in [0, 0.1) is 0 Å². The molecular weight excluding hydrogens is 202 g/mol. The summed E-state index contributed by atoms with van der Waals surface area (Å²) in [5.41, 5.74) is 0. The third kappa shape index (κ3) is 2.74. The van der Waals surface area contributed by atoms with Crippen LogP contribution in [-0.4, -0.2) is 61.0 Å². The maximum Gasteiger partial charge on any atom is 0.222 e. The summed E-state index contributed by atoms with van der Waals surface area (Å²) in [4.78, 5) is 16.4. The molecule has 92 valence electrons. The zero-order valence-electron chi connectivity index (χ0n) is 10.2. The highest BCUT2D eigenvalue weighted by molar-refractivity contribution is 5.76. The Hall–Kier alpha value is -0.610. The summed E-state index contributed by atoms with van der Waals surface area (Å²) >= 11 is 0. The summed E-state index contributed by atoms with van der Waals surface area (Å²) in [5, 5.41) is 3.30. The SMILES string of the molecule is CCCCC(=O)N1CCN(C2CNC2)CC1. The molecule has 0 aliphatic carbocycles. The van der Waals surface area contributed by atoms with Crippen LogP contribution in [-0.2, 0) is 4.79 Å². The van der Waals surface area contributed by atoms with E-state index in [4.69, 9.17) is 0 Å². The zero-order chi connectivity index (χ0) is 11.4. The molecule has 1 amide bonds. The van der Waals surface area contributed by atoms with Crippen molar-refractivity contribution in [2.24, 2.45) is 0 Å². The molecule has 0 spiro atoms. The van der Waals surface area contributed by atoms with Gasteiger partial charge in [-0.05, 0) is 6.42 Å². The van der Waals surface area contributed by atoms with E-state index < -0.39 is 0 Å². The normalized spacial score (nSPS) is 23.2. The molecule has 4 heteroatoms. The first kappa shape index (κ1) is 11.9. The lowest BCUT2D eigenvalue weighted by atomic mass is 10.1. The van der Waals surface area contributed by atoms with E-state index >= 15 is 0 Å². The Kier molecular flexibility index (Phi) is 4.18. The van der Waals surface area contributed by atoms with Crippen LogP contribution in [0.4, 0.5) is 0 Å². The molecular formula is C12H23N3O. The number of amides is 1. The molecule has 2 saturated heterocycles. The van der Waals surface area contributed by atoms with Gasteiger partial charge in [-0.3, -0.25) is 9.69 Å². The Labute approximate surface area is 98.0 Å². The van der Waals surface area contributed by atoms with Crippen LogP contribution in [0.15, 0.2) is 0 Å². The van der Waals surface area contributed by atoms with Crippen molar-refractivity contribution in [2.75, 3.05) is 39.3 Å². The first-order chi connectivity index (χ1) is 7.81. The van der Waals surface area contributed by atoms with E-state index in [-0.39, 0.29) is 0 Å². The van der Waals surface area contributed by atoms with Crippen molar-refractivity contribution in [2.45, 2.75) is 32.2 Å². The third-order valence-electron chi connectivity index (χ3n) is 3.69. The first-order valence-electron chi connectivity index (χ1n) is 6.54. The minimum atomic E-state index is 0.355. The molecule has 2 heterocycles. The number of unbranched alkanes of at least 4 members (excludes halogenated alkanes) is 1. The highest BCUT2D eigenvalue weighted by Gasteiger charge is 2.28. The number of rotatable bonds is 4. The van der Waals surface area contributed by atoms with Crippen LogP contribution in [0.1, 0.15) is 26.2 Å². The Balaban J connectivity index is 1.69. The van der Waals surface area contributed by atoms with Crippen molar-refractivity contribution in [1.29, 1.82) is 0 Å². The Morgan fingerprint density at radius 1 is 1.25 bits per heavy atom. The van der Waals surface area contributed by atoms with Gasteiger partial charge in [0.1, 0.15) is 0 Å². The van der Waals surface area contributed by atoms with Crippen molar-refractivity contribution in [3.05, 3.63) is 0 Å². The molecule has 16 heavy (non-hydrogen) atoms. The summed E-state index contributed by atoms with van der Waals surface area (Å²) in [6, 6.07) is 0.730. The van der Waals surface area contributed by atoms with Gasteiger partial charge in [0.15, 0.2) is 0 Å². The van der Waals surface area contributed by atoms with Crippen molar-refractivity contribution in [1.82, 2.24) is 15.1 Å². The van der Waals surface area contributed by atoms with Gasteiger partial charge in [0.2, 0.25) is 5.91 Å². The summed E-state index contributed by atoms with van der Waals surface area (Å²) in [6.07, 6.45) is 2.88. The average Bonchev–Trinajstić information content (AvgIpc) is 2.24. The van der Waals surface area contributed by atoms with E-state index in [1.807, 2.05) is 4.90 Å². The number of hydrogen-bond donors (Lipinski definition) is 1. The second kappa shape index (κ2) is 5.64. The van der Waals surface area contributed by atoms with Crippen molar-refractivity contribution in [3.63, 3.8) is 0 Å². The van der Waals surface area contributed by atoms with E-state index in [1.54, 1.807) is 0 Å². The largest absolute Gasteiger partial charge is 0.340 e. The number of carbonyl (C=O) groups excluding carboxylic acids is 1. The van der Waals surface area contributed by atoms with E-state index in [2.05, 4.69) is 17.1 Å². The molecule has 1 N–H and O–H groups in total. The van der Waals surface area contributed by atoms with Gasteiger partial charge in [0.05, 0.1) is 0 Å². The second-order valence-corrected chi connectivity index (χ2v) is 4.83. The van der Waals surface area contributed by atoms with Crippen LogP contribution < -0.4 is 5.32 Å². The third-order valence-corrected chi connectivity index (χ3v) is 3.69. The van der Waals surface area contributed by atoms with Gasteiger partial charge in [-0.15, -0.1) is 0 Å². The summed E-state index contributed by atoms with van der Waals surface area (Å²) < 4.78 is 0. The number of piperazine rings is 1. The fraction of sp³-hybridized carbons (Fsp3) is 0.917. The minimum absolute atomic E-state index is 0.355. The molecule has 0 saturated carbocycles. The summed E-state index contributed by atoms with van der Waals surface area (Å²) in [5.74, 6) is 0.355. The molecule has 2 aliphatic rings. The Bertz CT molecular complexity index is 232. The number of nitrogens with one attached hydrogen (secondary N) is 1. The summed E-state index contributed by atoms with van der Waals surface area (Å²) in [6.45, 7) is 8.37. The lowest BCUT2D eigenvalue weighted by Gasteiger charge is -2.43. The van der Waals surface area contributed by atoms with Gasteiger partial charge in [0, 0.05) is 51.7 Å². The fourth-order valence-electron chi connectivity index (χ4n) is 2.35. The molecule has 2 aliphatic heterocycles. The van der Waals surface area contributed by atoms with Crippen LogP contribution in [0.2, 0.25) is 0 Å². The van der Waals surface area contributed by atoms with Crippen LogP contribution in [0.3, 0.4) is 0 Å². The van der Waals surface area contributed by atoms with Crippen LogP contribution in [0.25, 0.3) is 0 Å². The molecule has 4 nitrogen and oxygen atoms in total. The standard InChI is InChI=1S/C12H23N3O/c1-2-3-4-12(16)15-7-5-14(6-8-15)11-9-13-10-11/h11,13H,2-10H2,1H3. The molecule has 0 unspecified atom stereocenters. The maximum atomic E-state index is 11.8. The quantitative estimate of drug-likeness (QED) is 0.747. The first-order valence-corrected chi connectivity index (χ1v) is 6.54. The molecule has 0 bridgehead atoms. The molecule has 2 rings (SSSR count). The van der Waals surface area contributed by atoms with Crippen molar-refractivity contribution >= 4 is 5.91 Å². The second-order valence-electron chi connectivity index (χ2n) is 4.83. The van der Waals surface area contributed by atoms with Crippen molar-refractivity contribution < 1.29 is 4.79 Å². The monoisotopic (exact) mass is 225 g/mol. The number of nitrogens with zero attached hydrogens (tertiary/aromatic N) is 2. The van der Waals surface area contributed by atoms with Gasteiger partial charge in [0.25, 0.3) is 0 Å². The summed E-state index contributed by atoms with van der Waals surface area (Å²) in [7, 11) is 0. The average molecular weight is 225 g/mol. The van der Waals surface area contributed by atoms with Crippen LogP contribution >= 0.6 is 0 Å². The zero-order valence-corrected chi connectivity index (χ0v) is 10.2. The van der Waals surface area contributed by atoms with Gasteiger partial charge in [-0.2, -0.15) is 0 Å². The minimum Gasteiger partial charge on any atom is -0.340 e. The number of hydrogen-bond acceptors (Lipinski definition) is 3. The highest BCUT2D eigenvalue weighted by atomic mass is 16.2. The molecule has 0 aromatic rings. The van der Waals surface area contributed by atoms with E-state index in [1.165, 1.54) is 0 Å². The fourth-order valence-corrected chi connectivity index (χ4v) is 2.35. The van der Waals surface area contributed by atoms with Crippen LogP contribution in [0.5, 0.6) is 0 Å². The Morgan fingerprint density at radius 2 is 1.94 bits per heavy atom. The van der Waals surface area contributed by atoms with E-state index in [9.17, 15) is 4.79 Å². The smallest absolute Gasteiger partial charge is 0.222 e. The lowest BCUT2D eigenvalue weighted by molar-refractivity contribution is -0.133. The maximum absolute atomic E-state index is 11.8. The van der Waals surface area contributed by atoms with Crippen molar-refractivity contribution in [3.8, 4) is 0 Å². The topological polar surface area (TPSA) is 35.6 Å². The predicted molar refractivity (Wildman–Crippen MR) is 64.3 cm³/mol. The Morgan fingerprint density at radius 3 is 2.44 bits per heavy atom. The van der Waals surface area contributed by atoms with Gasteiger partial charge in [-0.25, -0.2) is 0 Å². The van der Waals surface area contributed by atoms with Gasteiger partial charge in [-0.1, -0.05) is 13.3 Å². The highest BCUT2D eigenvalue weighted by Crippen LogP contribution is 2.11. The van der Waals surface area contributed by atoms with Gasteiger partial charge >= 0.3 is 0 Å². The molecule has 0 radical (unpaired) electrons. The number of carbonyl (C=O) groups is 1. The predicted octanol–water partition coefficient (Wildman–Crippen LogP) is 0.293. The molecule has 2 fully saturated rings. The van der Waals surface area contributed by atoms with E-state index in [0.717, 1.165) is 64.6 Å². The lowest BCUT2D eigenvalue weighted by Crippen LogP contribution is -2.62. The van der Waals surface area contributed by atoms with Gasteiger partial charge < -0.3 is 10.2 Å².